The van der Waals surface area contributed by atoms with Gasteiger partial charge in [-0.15, -0.1) is 0 Å². The number of nitrogens with zero attached hydrogens (tertiary/aromatic N) is 1. The van der Waals surface area contributed by atoms with Gasteiger partial charge >= 0.3 is 207 Å². The van der Waals surface area contributed by atoms with Crippen LogP contribution >= 0.6 is 0 Å². The van der Waals surface area contributed by atoms with Gasteiger partial charge < -0.3 is 0 Å². The zero-order chi connectivity index (χ0) is 23.4. The van der Waals surface area contributed by atoms with Crippen LogP contribution in [0.1, 0.15) is 49.7 Å². The van der Waals surface area contributed by atoms with Crippen molar-refractivity contribution in [1.82, 2.24) is 9.97 Å². The Morgan fingerprint density at radius 1 is 0.735 bits per heavy atom. The molecule has 6 rings (SSSR count). The normalized spacial score (nSPS) is 12.8. The molecule has 1 N–H and O–H groups in total. The number of allylic oxidation sites excluding steroid dienone is 2. The van der Waals surface area contributed by atoms with Crippen LogP contribution < -0.4 is 0 Å². The van der Waals surface area contributed by atoms with Crippen LogP contribution in [0.15, 0.2) is 66.7 Å². The predicted octanol–water partition coefficient (Wildman–Crippen LogP) is 8.19. The number of rotatable bonds is 2. The summed E-state index contributed by atoms with van der Waals surface area (Å²) in [6, 6.07) is 24.9. The molecule has 4 aromatic rings. The fourth-order valence-corrected chi connectivity index (χ4v) is 7.26. The van der Waals surface area contributed by atoms with Crippen LogP contribution in [0, 0.1) is 6.92 Å². The fourth-order valence-electron chi connectivity index (χ4n) is 5.39. The van der Waals surface area contributed by atoms with Gasteiger partial charge in [0.15, 0.2) is 0 Å². The zero-order valence-electron chi connectivity index (χ0n) is 20.1. The minimum atomic E-state index is 0.291. The molecule has 0 atom stereocenters. The molecular formula is C31H28N2Se. The number of nitrogens with one attached hydrogen (secondary N) is 1. The third-order valence-electron chi connectivity index (χ3n) is 7.21. The number of H-pyrrole nitrogens is 1. The summed E-state index contributed by atoms with van der Waals surface area (Å²) >= 11 is 0.291. The van der Waals surface area contributed by atoms with Crippen molar-refractivity contribution in [2.75, 3.05) is 0 Å². The molecule has 4 heterocycles. The summed E-state index contributed by atoms with van der Waals surface area (Å²) in [5, 5.41) is 0. The van der Waals surface area contributed by atoms with E-state index in [0.717, 1.165) is 24.2 Å². The van der Waals surface area contributed by atoms with Gasteiger partial charge in [-0.2, -0.15) is 0 Å². The van der Waals surface area contributed by atoms with Crippen LogP contribution in [0.4, 0.5) is 0 Å². The van der Waals surface area contributed by atoms with E-state index in [9.17, 15) is 0 Å². The van der Waals surface area contributed by atoms with Crippen molar-refractivity contribution in [1.29, 1.82) is 0 Å². The molecule has 2 nitrogen and oxygen atoms in total. The number of aryl methyl sites for hydroxylation is 2. The quantitative estimate of drug-likeness (QED) is 0.240. The first kappa shape index (κ1) is 21.4. The molecule has 34 heavy (non-hydrogen) atoms. The van der Waals surface area contributed by atoms with E-state index in [1.165, 1.54) is 64.1 Å². The molecule has 1 aliphatic heterocycles. The molecule has 2 aliphatic rings. The first-order chi connectivity index (χ1) is 16.6. The molecule has 0 amide bonds. The van der Waals surface area contributed by atoms with Crippen LogP contribution in [0.3, 0.4) is 0 Å². The van der Waals surface area contributed by atoms with Gasteiger partial charge in [0.1, 0.15) is 0 Å². The number of hydrogen-bond donors (Lipinski definition) is 1. The van der Waals surface area contributed by atoms with E-state index in [4.69, 9.17) is 4.98 Å². The van der Waals surface area contributed by atoms with Gasteiger partial charge in [0.25, 0.3) is 0 Å². The van der Waals surface area contributed by atoms with E-state index >= 15 is 0 Å². The molecule has 8 bridgehead atoms. The second kappa shape index (κ2) is 8.27. The topological polar surface area (TPSA) is 28.7 Å². The summed E-state index contributed by atoms with van der Waals surface area (Å²) in [7, 11) is 0. The Morgan fingerprint density at radius 3 is 2.15 bits per heavy atom. The van der Waals surface area contributed by atoms with E-state index in [-0.39, 0.29) is 0 Å². The molecule has 0 saturated carbocycles. The van der Waals surface area contributed by atoms with Crippen molar-refractivity contribution in [2.24, 2.45) is 0 Å². The van der Waals surface area contributed by atoms with Crippen molar-refractivity contribution < 1.29 is 0 Å². The number of fused-ring (bicyclic) bond motifs is 11. The summed E-state index contributed by atoms with van der Waals surface area (Å²) in [5.41, 5.74) is 15.2. The van der Waals surface area contributed by atoms with Gasteiger partial charge in [0, 0.05) is 0 Å². The van der Waals surface area contributed by atoms with E-state index in [2.05, 4.69) is 99.4 Å². The zero-order valence-corrected chi connectivity index (χ0v) is 21.8. The maximum atomic E-state index is 5.13. The number of aromatic amines is 1. The van der Waals surface area contributed by atoms with Crippen molar-refractivity contribution in [3.05, 3.63) is 89.2 Å². The molecule has 1 aromatic carbocycles. The van der Waals surface area contributed by atoms with Crippen LogP contribution in [0.25, 0.3) is 53.0 Å². The molecule has 168 valence electrons. The molecule has 3 heteroatoms. The first-order valence-corrected chi connectivity index (χ1v) is 13.8. The van der Waals surface area contributed by atoms with E-state index in [1.807, 2.05) is 0 Å². The molecule has 0 fully saturated rings. The summed E-state index contributed by atoms with van der Waals surface area (Å²) in [4.78, 5) is 8.89. The van der Waals surface area contributed by atoms with Crippen LogP contribution in [0.5, 0.6) is 0 Å². The van der Waals surface area contributed by atoms with Gasteiger partial charge in [0.2, 0.25) is 0 Å². The molecule has 0 radical (unpaired) electrons. The predicted molar refractivity (Wildman–Crippen MR) is 147 cm³/mol. The summed E-state index contributed by atoms with van der Waals surface area (Å²) in [6.45, 7) is 8.97. The third-order valence-corrected chi connectivity index (χ3v) is 9.27. The van der Waals surface area contributed by atoms with Crippen LogP contribution in [0.2, 0.25) is 0 Å². The maximum absolute atomic E-state index is 5.13. The van der Waals surface area contributed by atoms with E-state index in [0.29, 0.717) is 14.5 Å². The Labute approximate surface area is 206 Å². The summed E-state index contributed by atoms with van der Waals surface area (Å²) < 4.78 is 2.78. The second-order valence-electron chi connectivity index (χ2n) is 9.17. The van der Waals surface area contributed by atoms with Crippen LogP contribution in [-0.4, -0.2) is 24.5 Å². The summed E-state index contributed by atoms with van der Waals surface area (Å²) in [5.74, 6) is 0. The molecule has 0 saturated heterocycles. The van der Waals surface area contributed by atoms with Crippen LogP contribution in [-0.2, 0) is 6.42 Å². The molecule has 0 spiro atoms. The minimum absolute atomic E-state index is 0.291. The number of hydrogen-bond acceptors (Lipinski definition) is 1. The second-order valence-corrected chi connectivity index (χ2v) is 11.6. The van der Waals surface area contributed by atoms with Gasteiger partial charge in [-0.05, 0) is 0 Å². The Balaban J connectivity index is 1.78. The Hall–Kier alpha value is -3.13. The van der Waals surface area contributed by atoms with E-state index in [1.54, 1.807) is 0 Å². The SMILES string of the molecule is CCC1=C(C)c2cc3ccc(cc4[nH]c(cc5cc(cc1n2)-c1ccccc1-5)c(CC)c4C)[se]3. The van der Waals surface area contributed by atoms with Crippen molar-refractivity contribution in [3.8, 4) is 22.3 Å². The number of benzene rings is 1. The van der Waals surface area contributed by atoms with Crippen molar-refractivity contribution >= 4 is 45.2 Å². The third kappa shape index (κ3) is 3.43. The summed E-state index contributed by atoms with van der Waals surface area (Å²) in [6.07, 6.45) is 2.00. The molecule has 3 aromatic heterocycles. The fraction of sp³-hybridized carbons (Fsp3) is 0.194. The van der Waals surface area contributed by atoms with Gasteiger partial charge in [-0.3, -0.25) is 0 Å². The van der Waals surface area contributed by atoms with E-state index < -0.39 is 0 Å². The number of aromatic nitrogens is 2. The van der Waals surface area contributed by atoms with Gasteiger partial charge in [0.05, 0.1) is 0 Å². The standard InChI is InChI=1S/C31H28N2Se/c1-5-24-18(3)28-16-22-11-12-23(34-22)17-29-19(4)25(6-2)31(33-29)15-21-13-20(14-30(24)32-28)26-9-7-8-10-27(21)26/h7-17,32H,5-6H2,1-4H3. The Morgan fingerprint density at radius 2 is 1.44 bits per heavy atom. The van der Waals surface area contributed by atoms with Gasteiger partial charge in [-0.1, -0.05) is 0 Å². The Kier molecular flexibility index (Phi) is 5.21. The Bertz CT molecular complexity index is 1650. The molecule has 1 aliphatic carbocycles. The van der Waals surface area contributed by atoms with Gasteiger partial charge in [-0.25, -0.2) is 0 Å². The molecular weight excluding hydrogens is 479 g/mol. The van der Waals surface area contributed by atoms with Crippen molar-refractivity contribution in [3.63, 3.8) is 0 Å². The van der Waals surface area contributed by atoms with Crippen molar-refractivity contribution in [2.45, 2.75) is 40.5 Å². The average Bonchev–Trinajstić information content (AvgIpc) is 3.56. The first-order valence-electron chi connectivity index (χ1n) is 12.1. The average molecular weight is 508 g/mol. The monoisotopic (exact) mass is 508 g/mol. The molecule has 0 unspecified atom stereocenters.